The van der Waals surface area contributed by atoms with Crippen LogP contribution in [0.4, 0.5) is 0 Å². The zero-order valence-corrected chi connectivity index (χ0v) is 9.30. The van der Waals surface area contributed by atoms with Gasteiger partial charge in [-0.3, -0.25) is 4.98 Å². The molecule has 1 unspecified atom stereocenters. The monoisotopic (exact) mass is 230 g/mol. The second-order valence-electron chi connectivity index (χ2n) is 3.02. The van der Waals surface area contributed by atoms with E-state index in [4.69, 9.17) is 0 Å². The Morgan fingerprint density at radius 3 is 2.38 bits per heavy atom. The lowest BCUT2D eigenvalue weighted by Gasteiger charge is -1.94. The molecule has 0 radical (unpaired) electrons. The molecule has 1 atom stereocenters. The van der Waals surface area contributed by atoms with Crippen molar-refractivity contribution in [1.29, 1.82) is 0 Å². The van der Waals surface area contributed by atoms with Crippen LogP contribution in [0.1, 0.15) is 5.69 Å². The molecule has 0 saturated carbocycles. The van der Waals surface area contributed by atoms with Crippen LogP contribution < -0.4 is 0 Å². The maximum absolute atomic E-state index is 11.8. The van der Waals surface area contributed by atoms with Crippen LogP contribution in [-0.4, -0.2) is 14.2 Å². The minimum Gasteiger partial charge on any atom is -0.257 e. The lowest BCUT2D eigenvalue weighted by Crippen LogP contribution is -1.89. The average molecular weight is 230 g/mol. The topological polar surface area (TPSA) is 42.9 Å². The summed E-state index contributed by atoms with van der Waals surface area (Å²) < 4.78 is 11.8. The first-order valence-electron chi connectivity index (χ1n) is 4.77. The van der Waals surface area contributed by atoms with Crippen molar-refractivity contribution < 1.29 is 4.21 Å². The van der Waals surface area contributed by atoms with E-state index < -0.39 is 10.8 Å². The second kappa shape index (κ2) is 5.32. The van der Waals surface area contributed by atoms with Crippen molar-refractivity contribution >= 4 is 16.9 Å². The van der Waals surface area contributed by atoms with Gasteiger partial charge in [-0.2, -0.15) is 0 Å². The summed E-state index contributed by atoms with van der Waals surface area (Å²) in [4.78, 5) is 8.12. The Bertz CT molecular complexity index is 497. The van der Waals surface area contributed by atoms with Crippen molar-refractivity contribution in [2.75, 3.05) is 0 Å². The van der Waals surface area contributed by atoms with Gasteiger partial charge in [-0.1, -0.05) is 12.1 Å². The molecule has 0 saturated heterocycles. The van der Waals surface area contributed by atoms with Gasteiger partial charge >= 0.3 is 0 Å². The third kappa shape index (κ3) is 2.84. The van der Waals surface area contributed by atoms with Crippen molar-refractivity contribution in [2.24, 2.45) is 0 Å². The average Bonchev–Trinajstić information content (AvgIpc) is 2.38. The summed E-state index contributed by atoms with van der Waals surface area (Å²) >= 11 is 0. The zero-order chi connectivity index (χ0) is 11.2. The van der Waals surface area contributed by atoms with Crippen LogP contribution in [0.25, 0.3) is 6.08 Å². The molecule has 2 aromatic rings. The number of pyridine rings is 2. The Hall–Kier alpha value is -1.81. The van der Waals surface area contributed by atoms with E-state index in [2.05, 4.69) is 9.97 Å². The van der Waals surface area contributed by atoms with Gasteiger partial charge in [0.15, 0.2) is 0 Å². The van der Waals surface area contributed by atoms with Gasteiger partial charge < -0.3 is 0 Å². The lowest BCUT2D eigenvalue weighted by atomic mass is 10.3. The highest BCUT2D eigenvalue weighted by molar-refractivity contribution is 7.88. The Morgan fingerprint density at radius 1 is 1.00 bits per heavy atom. The molecule has 16 heavy (non-hydrogen) atoms. The Kier molecular flexibility index (Phi) is 3.56. The SMILES string of the molecule is O=S(/C=C/c1ccccn1)c1ccccn1. The minimum absolute atomic E-state index is 0.551. The Labute approximate surface area is 96.3 Å². The van der Waals surface area contributed by atoms with E-state index >= 15 is 0 Å². The van der Waals surface area contributed by atoms with E-state index in [9.17, 15) is 4.21 Å². The highest BCUT2D eigenvalue weighted by atomic mass is 32.2. The first-order valence-corrected chi connectivity index (χ1v) is 5.98. The Balaban J connectivity index is 2.12. The van der Waals surface area contributed by atoms with E-state index in [1.807, 2.05) is 24.3 Å². The molecule has 0 aliphatic rings. The van der Waals surface area contributed by atoms with Gasteiger partial charge in [0.05, 0.1) is 16.5 Å². The van der Waals surface area contributed by atoms with E-state index in [1.165, 1.54) is 0 Å². The van der Waals surface area contributed by atoms with Crippen LogP contribution >= 0.6 is 0 Å². The van der Waals surface area contributed by atoms with Gasteiger partial charge in [-0.25, -0.2) is 9.19 Å². The molecule has 0 spiro atoms. The molecule has 0 aliphatic carbocycles. The fraction of sp³-hybridized carbons (Fsp3) is 0. The number of hydrogen-bond acceptors (Lipinski definition) is 3. The summed E-state index contributed by atoms with van der Waals surface area (Å²) in [5.74, 6) is 0. The van der Waals surface area contributed by atoms with Crippen molar-refractivity contribution in [3.05, 3.63) is 59.9 Å². The van der Waals surface area contributed by atoms with E-state index in [1.54, 1.807) is 36.0 Å². The maximum Gasteiger partial charge on any atom is 0.131 e. The van der Waals surface area contributed by atoms with Crippen LogP contribution in [0.15, 0.2) is 59.2 Å². The molecule has 2 aromatic heterocycles. The fourth-order valence-electron chi connectivity index (χ4n) is 1.14. The van der Waals surface area contributed by atoms with Crippen molar-refractivity contribution in [3.8, 4) is 0 Å². The van der Waals surface area contributed by atoms with Gasteiger partial charge in [0.25, 0.3) is 0 Å². The highest BCUT2D eigenvalue weighted by Crippen LogP contribution is 2.05. The summed E-state index contributed by atoms with van der Waals surface area (Å²) in [5.41, 5.74) is 0.784. The summed E-state index contributed by atoms with van der Waals surface area (Å²) in [6.45, 7) is 0. The Morgan fingerprint density at radius 2 is 1.75 bits per heavy atom. The fourth-order valence-corrected chi connectivity index (χ4v) is 1.92. The predicted octanol–water partition coefficient (Wildman–Crippen LogP) is 2.26. The van der Waals surface area contributed by atoms with Gasteiger partial charge in [0.1, 0.15) is 5.03 Å². The molecule has 0 N–H and O–H groups in total. The number of hydrogen-bond donors (Lipinski definition) is 0. The summed E-state index contributed by atoms with van der Waals surface area (Å²) in [6, 6.07) is 10.9. The first kappa shape index (κ1) is 10.7. The molecular weight excluding hydrogens is 220 g/mol. The van der Waals surface area contributed by atoms with Gasteiger partial charge in [0.2, 0.25) is 0 Å². The number of nitrogens with zero attached hydrogens (tertiary/aromatic N) is 2. The molecule has 0 aromatic carbocycles. The van der Waals surface area contributed by atoms with E-state index in [-0.39, 0.29) is 0 Å². The normalized spacial score (nSPS) is 12.8. The standard InChI is InChI=1S/C12H10N2OS/c15-16(12-6-2-4-9-14-12)10-7-11-5-1-3-8-13-11/h1-10H/b10-7+. The second-order valence-corrected chi connectivity index (χ2v) is 4.31. The molecule has 0 bridgehead atoms. The van der Waals surface area contributed by atoms with Crippen molar-refractivity contribution in [2.45, 2.75) is 5.03 Å². The number of rotatable bonds is 3. The third-order valence-electron chi connectivity index (χ3n) is 1.89. The van der Waals surface area contributed by atoms with Gasteiger partial charge in [0, 0.05) is 17.8 Å². The van der Waals surface area contributed by atoms with Crippen LogP contribution in [0.2, 0.25) is 0 Å². The van der Waals surface area contributed by atoms with Crippen molar-refractivity contribution in [3.63, 3.8) is 0 Å². The quantitative estimate of drug-likeness (QED) is 0.812. The molecular formula is C12H10N2OS. The molecule has 80 valence electrons. The highest BCUT2D eigenvalue weighted by Gasteiger charge is 1.98. The number of aromatic nitrogens is 2. The minimum atomic E-state index is -1.22. The largest absolute Gasteiger partial charge is 0.257 e. The summed E-state index contributed by atoms with van der Waals surface area (Å²) in [7, 11) is -1.22. The maximum atomic E-state index is 11.8. The van der Waals surface area contributed by atoms with Crippen molar-refractivity contribution in [1.82, 2.24) is 9.97 Å². The van der Waals surface area contributed by atoms with Crippen LogP contribution in [0.3, 0.4) is 0 Å². The van der Waals surface area contributed by atoms with E-state index in [0.29, 0.717) is 5.03 Å². The molecule has 0 aliphatic heterocycles. The lowest BCUT2D eigenvalue weighted by molar-refractivity contribution is 0.686. The van der Waals surface area contributed by atoms with Gasteiger partial charge in [-0.15, -0.1) is 0 Å². The molecule has 2 heterocycles. The summed E-state index contributed by atoms with van der Waals surface area (Å²) in [6.07, 6.45) is 5.05. The molecule has 0 amide bonds. The molecule has 3 nitrogen and oxygen atoms in total. The smallest absolute Gasteiger partial charge is 0.131 e. The van der Waals surface area contributed by atoms with E-state index in [0.717, 1.165) is 5.69 Å². The third-order valence-corrected chi connectivity index (χ3v) is 2.93. The van der Waals surface area contributed by atoms with Crippen LogP contribution in [0, 0.1) is 0 Å². The molecule has 2 rings (SSSR count). The van der Waals surface area contributed by atoms with Crippen LogP contribution in [-0.2, 0) is 10.8 Å². The van der Waals surface area contributed by atoms with Crippen LogP contribution in [0.5, 0.6) is 0 Å². The van der Waals surface area contributed by atoms with Gasteiger partial charge in [-0.05, 0) is 30.3 Å². The zero-order valence-electron chi connectivity index (χ0n) is 8.48. The summed E-state index contributed by atoms with van der Waals surface area (Å²) in [5, 5.41) is 2.14. The first-order chi connectivity index (χ1) is 7.86. The predicted molar refractivity (Wildman–Crippen MR) is 63.9 cm³/mol. The molecule has 0 fully saturated rings. The molecule has 4 heteroatoms.